The molecule has 1 aliphatic rings. The van der Waals surface area contributed by atoms with E-state index in [2.05, 4.69) is 25.4 Å². The van der Waals surface area contributed by atoms with Gasteiger partial charge in [0, 0.05) is 16.5 Å². The lowest BCUT2D eigenvalue weighted by Gasteiger charge is -2.26. The van der Waals surface area contributed by atoms with Crippen LogP contribution >= 0.6 is 0 Å². The number of tetrazole rings is 1. The standard InChI is InChI=1S/C23H24N6O2/c1-31-18-9-10-20-17(13-18)14-19(23(30)24-20)21(28-11-5-6-12-28)22-25-26-27-29(22)15-16-7-3-2-4-8-16/h2-4,7-10,13-14,21H,5-6,11-12,15H2,1H3,(H,24,30)/t21-/m1/s1. The molecule has 1 saturated heterocycles. The first-order chi connectivity index (χ1) is 15.2. The van der Waals surface area contributed by atoms with Gasteiger partial charge in [0.2, 0.25) is 0 Å². The van der Waals surface area contributed by atoms with Gasteiger partial charge in [0.1, 0.15) is 11.8 Å². The van der Waals surface area contributed by atoms with Gasteiger partial charge in [-0.1, -0.05) is 30.3 Å². The molecule has 31 heavy (non-hydrogen) atoms. The van der Waals surface area contributed by atoms with E-state index in [1.54, 1.807) is 11.8 Å². The third kappa shape index (κ3) is 3.82. The minimum Gasteiger partial charge on any atom is -0.497 e. The van der Waals surface area contributed by atoms with Crippen molar-refractivity contribution in [1.82, 2.24) is 30.1 Å². The van der Waals surface area contributed by atoms with E-state index in [1.165, 1.54) is 0 Å². The lowest BCUT2D eigenvalue weighted by Crippen LogP contribution is -2.33. The predicted octanol–water partition coefficient (Wildman–Crippen LogP) is 2.76. The van der Waals surface area contributed by atoms with E-state index in [1.807, 2.05) is 54.6 Å². The molecule has 158 valence electrons. The zero-order chi connectivity index (χ0) is 21.2. The van der Waals surface area contributed by atoms with Crippen LogP contribution in [0, 0.1) is 0 Å². The molecule has 4 aromatic rings. The highest BCUT2D eigenvalue weighted by molar-refractivity contribution is 5.80. The number of hydrogen-bond donors (Lipinski definition) is 1. The highest BCUT2D eigenvalue weighted by Gasteiger charge is 2.32. The van der Waals surface area contributed by atoms with E-state index >= 15 is 0 Å². The van der Waals surface area contributed by atoms with Crippen LogP contribution in [0.1, 0.15) is 35.8 Å². The quantitative estimate of drug-likeness (QED) is 0.520. The fourth-order valence-corrected chi connectivity index (χ4v) is 4.31. The second-order valence-corrected chi connectivity index (χ2v) is 7.83. The normalized spacial score (nSPS) is 15.4. The number of pyridine rings is 1. The van der Waals surface area contributed by atoms with Crippen molar-refractivity contribution in [3.63, 3.8) is 0 Å². The van der Waals surface area contributed by atoms with Gasteiger partial charge in [-0.05, 0) is 66.2 Å². The summed E-state index contributed by atoms with van der Waals surface area (Å²) in [4.78, 5) is 18.5. The monoisotopic (exact) mass is 416 g/mol. The van der Waals surface area contributed by atoms with Gasteiger partial charge >= 0.3 is 0 Å². The minimum atomic E-state index is -0.319. The van der Waals surface area contributed by atoms with Crippen molar-refractivity contribution in [1.29, 1.82) is 0 Å². The minimum absolute atomic E-state index is 0.121. The second-order valence-electron chi connectivity index (χ2n) is 7.83. The van der Waals surface area contributed by atoms with Crippen molar-refractivity contribution in [2.75, 3.05) is 20.2 Å². The molecule has 0 radical (unpaired) electrons. The van der Waals surface area contributed by atoms with E-state index in [0.717, 1.165) is 48.1 Å². The van der Waals surface area contributed by atoms with Crippen LogP contribution in [0.5, 0.6) is 5.75 Å². The van der Waals surface area contributed by atoms with Crippen LogP contribution in [-0.2, 0) is 6.54 Å². The zero-order valence-corrected chi connectivity index (χ0v) is 17.4. The van der Waals surface area contributed by atoms with E-state index in [0.29, 0.717) is 17.9 Å². The Morgan fingerprint density at radius 1 is 1.10 bits per heavy atom. The molecule has 0 aliphatic carbocycles. The Morgan fingerprint density at radius 3 is 2.68 bits per heavy atom. The van der Waals surface area contributed by atoms with Crippen LogP contribution in [0.4, 0.5) is 0 Å². The van der Waals surface area contributed by atoms with Crippen molar-refractivity contribution in [3.8, 4) is 5.75 Å². The summed E-state index contributed by atoms with van der Waals surface area (Å²) in [6, 6.07) is 17.3. The van der Waals surface area contributed by atoms with Crippen molar-refractivity contribution >= 4 is 10.9 Å². The van der Waals surface area contributed by atoms with Gasteiger partial charge in [-0.3, -0.25) is 9.69 Å². The Kier molecular flexibility index (Phi) is 5.21. The summed E-state index contributed by atoms with van der Waals surface area (Å²) in [5.41, 5.74) is 2.41. The van der Waals surface area contributed by atoms with Crippen LogP contribution in [0.3, 0.4) is 0 Å². The molecule has 2 aromatic heterocycles. The van der Waals surface area contributed by atoms with Gasteiger partial charge in [-0.2, -0.15) is 0 Å². The molecular formula is C23H24N6O2. The van der Waals surface area contributed by atoms with E-state index in [4.69, 9.17) is 4.74 Å². The van der Waals surface area contributed by atoms with Crippen molar-refractivity contribution in [2.45, 2.75) is 25.4 Å². The second kappa shape index (κ2) is 8.31. The fraction of sp³-hybridized carbons (Fsp3) is 0.304. The summed E-state index contributed by atoms with van der Waals surface area (Å²) < 4.78 is 7.17. The Bertz CT molecular complexity index is 1240. The largest absolute Gasteiger partial charge is 0.497 e. The SMILES string of the molecule is COc1ccc2[nH]c(=O)c([C@H](c3nnnn3Cc3ccccc3)N3CCCC3)cc2c1. The third-order valence-electron chi connectivity index (χ3n) is 5.86. The number of hydrogen-bond acceptors (Lipinski definition) is 6. The molecule has 0 amide bonds. The predicted molar refractivity (Wildman–Crippen MR) is 117 cm³/mol. The molecule has 8 nitrogen and oxygen atoms in total. The number of nitrogens with one attached hydrogen (secondary N) is 1. The van der Waals surface area contributed by atoms with Crippen LogP contribution in [0.25, 0.3) is 10.9 Å². The summed E-state index contributed by atoms with van der Waals surface area (Å²) in [6.45, 7) is 2.35. The zero-order valence-electron chi connectivity index (χ0n) is 17.4. The van der Waals surface area contributed by atoms with Crippen molar-refractivity contribution in [2.24, 2.45) is 0 Å². The molecule has 2 aromatic carbocycles. The van der Waals surface area contributed by atoms with Crippen LogP contribution in [-0.4, -0.2) is 50.3 Å². The van der Waals surface area contributed by atoms with Gasteiger partial charge in [0.05, 0.1) is 13.7 Å². The number of aromatic amines is 1. The first-order valence-electron chi connectivity index (χ1n) is 10.5. The Morgan fingerprint density at radius 2 is 1.90 bits per heavy atom. The van der Waals surface area contributed by atoms with Crippen LogP contribution in [0.2, 0.25) is 0 Å². The van der Waals surface area contributed by atoms with Gasteiger partial charge in [-0.25, -0.2) is 4.68 Å². The smallest absolute Gasteiger partial charge is 0.253 e. The number of nitrogens with zero attached hydrogens (tertiary/aromatic N) is 5. The van der Waals surface area contributed by atoms with Crippen molar-refractivity contribution < 1.29 is 4.74 Å². The molecule has 1 N–H and O–H groups in total. The number of aromatic nitrogens is 5. The number of fused-ring (bicyclic) bond motifs is 1. The molecule has 5 rings (SSSR count). The molecular weight excluding hydrogens is 392 g/mol. The van der Waals surface area contributed by atoms with Crippen LogP contribution in [0.15, 0.2) is 59.4 Å². The maximum absolute atomic E-state index is 13.2. The Labute approximate surface area is 179 Å². The molecule has 0 unspecified atom stereocenters. The molecule has 1 aliphatic heterocycles. The molecule has 0 saturated carbocycles. The maximum Gasteiger partial charge on any atom is 0.253 e. The summed E-state index contributed by atoms with van der Waals surface area (Å²) in [7, 11) is 1.64. The van der Waals surface area contributed by atoms with Gasteiger partial charge in [-0.15, -0.1) is 5.10 Å². The van der Waals surface area contributed by atoms with Gasteiger partial charge in [0.15, 0.2) is 5.82 Å². The lowest BCUT2D eigenvalue weighted by molar-refractivity contribution is 0.263. The molecule has 0 spiro atoms. The number of rotatable bonds is 6. The van der Waals surface area contributed by atoms with E-state index < -0.39 is 0 Å². The molecule has 8 heteroatoms. The van der Waals surface area contributed by atoms with E-state index in [9.17, 15) is 4.79 Å². The summed E-state index contributed by atoms with van der Waals surface area (Å²) in [6.07, 6.45) is 2.19. The average molecular weight is 416 g/mol. The third-order valence-corrected chi connectivity index (χ3v) is 5.86. The summed E-state index contributed by atoms with van der Waals surface area (Å²) in [5, 5.41) is 13.5. The van der Waals surface area contributed by atoms with Gasteiger partial charge < -0.3 is 9.72 Å². The lowest BCUT2D eigenvalue weighted by atomic mass is 10.0. The maximum atomic E-state index is 13.2. The number of methoxy groups -OCH3 is 1. The highest BCUT2D eigenvalue weighted by atomic mass is 16.5. The van der Waals surface area contributed by atoms with Crippen LogP contribution < -0.4 is 10.3 Å². The Balaban J connectivity index is 1.62. The average Bonchev–Trinajstić information content (AvgIpc) is 3.48. The number of ether oxygens (including phenoxy) is 1. The molecule has 1 fully saturated rings. The first kappa shape index (κ1) is 19.4. The highest BCUT2D eigenvalue weighted by Crippen LogP contribution is 2.30. The topological polar surface area (TPSA) is 88.9 Å². The number of likely N-dealkylation sites (tertiary alicyclic amines) is 1. The molecule has 3 heterocycles. The Hall–Kier alpha value is -3.52. The number of benzene rings is 2. The fourth-order valence-electron chi connectivity index (χ4n) is 4.31. The number of H-pyrrole nitrogens is 1. The molecule has 1 atom stereocenters. The summed E-state index contributed by atoms with van der Waals surface area (Å²) >= 11 is 0. The molecule has 0 bridgehead atoms. The van der Waals surface area contributed by atoms with Crippen molar-refractivity contribution in [3.05, 3.63) is 81.9 Å². The first-order valence-corrected chi connectivity index (χ1v) is 10.5. The van der Waals surface area contributed by atoms with E-state index in [-0.39, 0.29) is 11.6 Å². The summed E-state index contributed by atoms with van der Waals surface area (Å²) in [5.74, 6) is 1.43. The van der Waals surface area contributed by atoms with Gasteiger partial charge in [0.25, 0.3) is 5.56 Å².